The number of nitrogens with zero attached hydrogens (tertiary/aromatic N) is 1. The zero-order valence-corrected chi connectivity index (χ0v) is 5.65. The molecule has 46 valence electrons. The summed E-state index contributed by atoms with van der Waals surface area (Å²) in [5, 5.41) is 3.31. The van der Waals surface area contributed by atoms with Crippen LogP contribution in [0.5, 0.6) is 0 Å². The van der Waals surface area contributed by atoms with E-state index >= 15 is 0 Å². The van der Waals surface area contributed by atoms with Crippen LogP contribution in [-0.2, 0) is 0 Å². The first-order chi connectivity index (χ1) is 3.80. The molecule has 3 heteroatoms. The molecule has 0 atom stereocenters. The smallest absolute Gasteiger partial charge is 0.238 e. The van der Waals surface area contributed by atoms with Gasteiger partial charge in [0.05, 0.1) is 0 Å². The number of rotatable bonds is 1. The standard InChI is InChI=1S/C5H13BN2/c1-8(2)6-3-4-7-5-6/h7H,3-5H2,1-2H3. The molecule has 0 radical (unpaired) electrons. The zero-order chi connectivity index (χ0) is 5.98. The molecule has 1 heterocycles. The van der Waals surface area contributed by atoms with Gasteiger partial charge in [0.2, 0.25) is 6.85 Å². The summed E-state index contributed by atoms with van der Waals surface area (Å²) in [5.41, 5.74) is 0. The van der Waals surface area contributed by atoms with Crippen molar-refractivity contribution in [3.8, 4) is 0 Å². The number of hydrogen-bond donors (Lipinski definition) is 1. The van der Waals surface area contributed by atoms with Gasteiger partial charge in [0.1, 0.15) is 0 Å². The van der Waals surface area contributed by atoms with Gasteiger partial charge in [-0.05, 0) is 33.4 Å². The van der Waals surface area contributed by atoms with Gasteiger partial charge < -0.3 is 10.1 Å². The van der Waals surface area contributed by atoms with E-state index in [0.717, 1.165) is 6.85 Å². The van der Waals surface area contributed by atoms with Gasteiger partial charge in [-0.2, -0.15) is 0 Å². The van der Waals surface area contributed by atoms with Crippen molar-refractivity contribution >= 4 is 6.85 Å². The van der Waals surface area contributed by atoms with Crippen molar-refractivity contribution < 1.29 is 0 Å². The van der Waals surface area contributed by atoms with Gasteiger partial charge in [0.15, 0.2) is 0 Å². The van der Waals surface area contributed by atoms with Crippen molar-refractivity contribution in [3.63, 3.8) is 0 Å². The molecule has 1 N–H and O–H groups in total. The Morgan fingerprint density at radius 1 is 1.50 bits per heavy atom. The molecule has 2 nitrogen and oxygen atoms in total. The molecule has 0 saturated carbocycles. The Bertz CT molecular complexity index is 68.8. The SMILES string of the molecule is CN(C)B1CCNC1. The van der Waals surface area contributed by atoms with Gasteiger partial charge in [0.25, 0.3) is 0 Å². The molecule has 0 aliphatic carbocycles. The zero-order valence-electron chi connectivity index (χ0n) is 5.65. The fourth-order valence-corrected chi connectivity index (χ4v) is 1.08. The van der Waals surface area contributed by atoms with Crippen LogP contribution in [0.25, 0.3) is 0 Å². The molecule has 0 aromatic carbocycles. The Hall–Kier alpha value is -0.0151. The first kappa shape index (κ1) is 6.11. The minimum Gasteiger partial charge on any atom is -0.346 e. The molecular formula is C5H13BN2. The van der Waals surface area contributed by atoms with Crippen molar-refractivity contribution in [1.82, 2.24) is 10.1 Å². The first-order valence-corrected chi connectivity index (χ1v) is 3.18. The Morgan fingerprint density at radius 2 is 2.25 bits per heavy atom. The highest BCUT2D eigenvalue weighted by Gasteiger charge is 2.20. The van der Waals surface area contributed by atoms with Gasteiger partial charge in [-0.15, -0.1) is 0 Å². The van der Waals surface area contributed by atoms with E-state index in [9.17, 15) is 0 Å². The van der Waals surface area contributed by atoms with Gasteiger partial charge in [-0.1, -0.05) is 0 Å². The maximum atomic E-state index is 3.31. The second kappa shape index (κ2) is 2.51. The predicted molar refractivity (Wildman–Crippen MR) is 37.1 cm³/mol. The highest BCUT2D eigenvalue weighted by molar-refractivity contribution is 6.56. The molecule has 1 aliphatic heterocycles. The molecule has 1 fully saturated rings. The third-order valence-electron chi connectivity index (χ3n) is 1.76. The van der Waals surface area contributed by atoms with Gasteiger partial charge in [0, 0.05) is 0 Å². The van der Waals surface area contributed by atoms with Crippen LogP contribution in [0.15, 0.2) is 0 Å². The van der Waals surface area contributed by atoms with Gasteiger partial charge >= 0.3 is 0 Å². The van der Waals surface area contributed by atoms with Crippen LogP contribution in [0.4, 0.5) is 0 Å². The third kappa shape index (κ3) is 1.23. The molecule has 0 aromatic heterocycles. The average Bonchev–Trinajstić information content (AvgIpc) is 2.12. The highest BCUT2D eigenvalue weighted by Crippen LogP contribution is 1.98. The number of nitrogens with one attached hydrogen (secondary N) is 1. The lowest BCUT2D eigenvalue weighted by Crippen LogP contribution is -2.34. The van der Waals surface area contributed by atoms with Crippen LogP contribution >= 0.6 is 0 Å². The van der Waals surface area contributed by atoms with E-state index in [2.05, 4.69) is 24.2 Å². The lowest BCUT2D eigenvalue weighted by atomic mass is 9.60. The Morgan fingerprint density at radius 3 is 2.50 bits per heavy atom. The molecule has 8 heavy (non-hydrogen) atoms. The summed E-state index contributed by atoms with van der Waals surface area (Å²) < 4.78 is 0. The minimum absolute atomic E-state index is 0.787. The minimum atomic E-state index is 0.787. The Kier molecular flexibility index (Phi) is 1.92. The molecule has 0 spiro atoms. The molecule has 1 rings (SSSR count). The molecule has 1 aliphatic rings. The summed E-state index contributed by atoms with van der Waals surface area (Å²) >= 11 is 0. The highest BCUT2D eigenvalue weighted by atomic mass is 15.0. The van der Waals surface area contributed by atoms with Gasteiger partial charge in [-0.25, -0.2) is 0 Å². The Labute approximate surface area is 51.3 Å². The quantitative estimate of drug-likeness (QED) is 0.467. The van der Waals surface area contributed by atoms with Crippen molar-refractivity contribution in [2.45, 2.75) is 6.32 Å². The summed E-state index contributed by atoms with van der Waals surface area (Å²) in [6.07, 6.45) is 2.49. The molecule has 1 saturated heterocycles. The van der Waals surface area contributed by atoms with Crippen molar-refractivity contribution in [3.05, 3.63) is 0 Å². The molecular weight excluding hydrogens is 98.9 g/mol. The summed E-state index contributed by atoms with van der Waals surface area (Å²) in [6.45, 7) is 1.98. The largest absolute Gasteiger partial charge is 0.346 e. The third-order valence-corrected chi connectivity index (χ3v) is 1.76. The number of hydrogen-bond acceptors (Lipinski definition) is 2. The van der Waals surface area contributed by atoms with E-state index in [0.29, 0.717) is 0 Å². The molecule has 0 unspecified atom stereocenters. The van der Waals surface area contributed by atoms with Gasteiger partial charge in [-0.3, -0.25) is 0 Å². The first-order valence-electron chi connectivity index (χ1n) is 3.18. The normalized spacial score (nSPS) is 20.6. The second-order valence-electron chi connectivity index (χ2n) is 2.61. The lowest BCUT2D eigenvalue weighted by molar-refractivity contribution is 0.640. The maximum Gasteiger partial charge on any atom is 0.238 e. The summed E-state index contributed by atoms with van der Waals surface area (Å²) in [7, 11) is 4.27. The van der Waals surface area contributed by atoms with E-state index in [1.54, 1.807) is 0 Å². The van der Waals surface area contributed by atoms with Crippen LogP contribution in [0, 0.1) is 0 Å². The summed E-state index contributed by atoms with van der Waals surface area (Å²) in [6, 6.07) is 0. The van der Waals surface area contributed by atoms with Crippen LogP contribution in [-0.4, -0.2) is 38.7 Å². The summed E-state index contributed by atoms with van der Waals surface area (Å²) in [5.74, 6) is 0. The van der Waals surface area contributed by atoms with Crippen LogP contribution in [0.3, 0.4) is 0 Å². The van der Waals surface area contributed by atoms with Crippen LogP contribution in [0.1, 0.15) is 0 Å². The fourth-order valence-electron chi connectivity index (χ4n) is 1.08. The van der Waals surface area contributed by atoms with E-state index < -0.39 is 0 Å². The van der Waals surface area contributed by atoms with E-state index in [1.807, 2.05) is 0 Å². The average molecular weight is 112 g/mol. The van der Waals surface area contributed by atoms with Crippen molar-refractivity contribution in [2.75, 3.05) is 27.1 Å². The Balaban J connectivity index is 2.24. The van der Waals surface area contributed by atoms with Crippen molar-refractivity contribution in [2.24, 2.45) is 0 Å². The molecule has 0 amide bonds. The maximum absolute atomic E-state index is 3.31. The van der Waals surface area contributed by atoms with E-state index in [4.69, 9.17) is 0 Å². The van der Waals surface area contributed by atoms with Crippen LogP contribution in [0.2, 0.25) is 6.32 Å². The fraction of sp³-hybridized carbons (Fsp3) is 1.00. The second-order valence-corrected chi connectivity index (χ2v) is 2.61. The lowest BCUT2D eigenvalue weighted by Gasteiger charge is -2.12. The molecule has 0 aromatic rings. The monoisotopic (exact) mass is 112 g/mol. The van der Waals surface area contributed by atoms with Crippen LogP contribution < -0.4 is 5.32 Å². The molecule has 0 bridgehead atoms. The topological polar surface area (TPSA) is 15.3 Å². The predicted octanol–water partition coefficient (Wildman–Crippen LogP) is -0.318. The summed E-state index contributed by atoms with van der Waals surface area (Å²) in [4.78, 5) is 2.28. The van der Waals surface area contributed by atoms with E-state index in [1.165, 1.54) is 19.3 Å². The van der Waals surface area contributed by atoms with Crippen molar-refractivity contribution in [1.29, 1.82) is 0 Å². The van der Waals surface area contributed by atoms with E-state index in [-0.39, 0.29) is 0 Å².